The van der Waals surface area contributed by atoms with Gasteiger partial charge in [-0.05, 0) is 19.8 Å². The molecule has 0 aromatic carbocycles. The summed E-state index contributed by atoms with van der Waals surface area (Å²) in [7, 11) is -0.953. The fourth-order valence-corrected chi connectivity index (χ4v) is 3.18. The fourth-order valence-electron chi connectivity index (χ4n) is 1.61. The summed E-state index contributed by atoms with van der Waals surface area (Å²) in [6.45, 7) is 7.37. The molecule has 11 heavy (non-hydrogen) atoms. The van der Waals surface area contributed by atoms with Crippen molar-refractivity contribution in [1.82, 2.24) is 0 Å². The minimum Gasteiger partial charge on any atom is -0.389 e. The average Bonchev–Trinajstić information content (AvgIpc) is 1.54. The third-order valence-corrected chi connectivity index (χ3v) is 3.50. The normalized spacial score (nSPS) is 18.5. The summed E-state index contributed by atoms with van der Waals surface area (Å²) in [5.74, 6) is 0.251. The molecule has 1 unspecified atom stereocenters. The van der Waals surface area contributed by atoms with Crippen LogP contribution in [0.2, 0.25) is 0 Å². The molecule has 0 spiro atoms. The van der Waals surface area contributed by atoms with Gasteiger partial charge in [0, 0.05) is 17.1 Å². The Balaban J connectivity index is 4.49. The molecule has 0 rings (SSSR count). The van der Waals surface area contributed by atoms with Gasteiger partial charge in [-0.15, -0.1) is 0 Å². The molecule has 0 aliphatic carbocycles. The van der Waals surface area contributed by atoms with Gasteiger partial charge in [-0.1, -0.05) is 13.8 Å². The summed E-state index contributed by atoms with van der Waals surface area (Å²) in [6, 6.07) is 0. The molecule has 1 N–H and O–H groups in total. The van der Waals surface area contributed by atoms with Crippen LogP contribution in [-0.4, -0.2) is 26.4 Å². The minimum atomic E-state index is -0.953. The first-order valence-electron chi connectivity index (χ1n) is 3.81. The molecule has 0 heterocycles. The van der Waals surface area contributed by atoms with Gasteiger partial charge in [0.25, 0.3) is 0 Å². The average molecular weight is 178 g/mol. The summed E-state index contributed by atoms with van der Waals surface area (Å²) in [5, 5.41) is 9.49. The van der Waals surface area contributed by atoms with E-state index < -0.39 is 16.4 Å². The lowest BCUT2D eigenvalue weighted by atomic mass is 9.96. The standard InChI is InChI=1S/C8H18O2S/c1-6(2)7(11(5)10)8(3,4)9/h6-7,9H,1-5H3/t7-,11?/m0/s1. The van der Waals surface area contributed by atoms with Crippen molar-refractivity contribution >= 4 is 10.8 Å². The fraction of sp³-hybridized carbons (Fsp3) is 1.00. The van der Waals surface area contributed by atoms with Crippen LogP contribution >= 0.6 is 0 Å². The van der Waals surface area contributed by atoms with Crippen molar-refractivity contribution in [2.75, 3.05) is 6.26 Å². The molecule has 0 fully saturated rings. The van der Waals surface area contributed by atoms with Gasteiger partial charge in [-0.2, -0.15) is 0 Å². The van der Waals surface area contributed by atoms with Crippen LogP contribution in [0.25, 0.3) is 0 Å². The van der Waals surface area contributed by atoms with Crippen molar-refractivity contribution in [3.8, 4) is 0 Å². The minimum absolute atomic E-state index is 0.137. The molecule has 2 nitrogen and oxygen atoms in total. The Morgan fingerprint density at radius 3 is 1.73 bits per heavy atom. The topological polar surface area (TPSA) is 37.3 Å². The molecule has 0 aliphatic heterocycles. The van der Waals surface area contributed by atoms with Crippen LogP contribution in [0.3, 0.4) is 0 Å². The van der Waals surface area contributed by atoms with Crippen molar-refractivity contribution in [1.29, 1.82) is 0 Å². The first-order valence-corrected chi connectivity index (χ1v) is 5.43. The van der Waals surface area contributed by atoms with Gasteiger partial charge in [0.15, 0.2) is 0 Å². The second kappa shape index (κ2) is 3.68. The number of hydrogen-bond acceptors (Lipinski definition) is 2. The molecule has 0 amide bonds. The Hall–Kier alpha value is 0.110. The largest absolute Gasteiger partial charge is 0.389 e. The molecule has 0 aromatic rings. The van der Waals surface area contributed by atoms with Gasteiger partial charge >= 0.3 is 0 Å². The van der Waals surface area contributed by atoms with Gasteiger partial charge in [0.1, 0.15) is 0 Å². The molecule has 0 radical (unpaired) electrons. The maximum atomic E-state index is 11.2. The number of aliphatic hydroxyl groups is 1. The molecule has 68 valence electrons. The summed E-state index contributed by atoms with van der Waals surface area (Å²) in [4.78, 5) is 0. The monoisotopic (exact) mass is 178 g/mol. The van der Waals surface area contributed by atoms with Crippen molar-refractivity contribution in [2.45, 2.75) is 38.5 Å². The second-order valence-corrected chi connectivity index (χ2v) is 5.32. The maximum Gasteiger partial charge on any atom is 0.0737 e. The Labute approximate surface area is 71.5 Å². The smallest absolute Gasteiger partial charge is 0.0737 e. The Morgan fingerprint density at radius 2 is 1.73 bits per heavy atom. The van der Waals surface area contributed by atoms with Gasteiger partial charge in [0.2, 0.25) is 0 Å². The van der Waals surface area contributed by atoms with Crippen LogP contribution in [0.4, 0.5) is 0 Å². The Morgan fingerprint density at radius 1 is 1.36 bits per heavy atom. The Kier molecular flexibility index (Phi) is 3.71. The quantitative estimate of drug-likeness (QED) is 0.704. The lowest BCUT2D eigenvalue weighted by molar-refractivity contribution is 0.0636. The molecule has 0 aromatic heterocycles. The van der Waals surface area contributed by atoms with Gasteiger partial charge in [0.05, 0.1) is 10.9 Å². The van der Waals surface area contributed by atoms with E-state index in [4.69, 9.17) is 0 Å². The molecular formula is C8H18O2S. The molecule has 3 heteroatoms. The first kappa shape index (κ1) is 11.1. The summed E-state index contributed by atoms with van der Waals surface area (Å²) in [5.41, 5.74) is -0.840. The zero-order valence-corrected chi connectivity index (χ0v) is 8.73. The van der Waals surface area contributed by atoms with Gasteiger partial charge in [-0.25, -0.2) is 0 Å². The highest BCUT2D eigenvalue weighted by atomic mass is 32.2. The van der Waals surface area contributed by atoms with E-state index in [-0.39, 0.29) is 11.2 Å². The highest BCUT2D eigenvalue weighted by Crippen LogP contribution is 2.21. The van der Waals surface area contributed by atoms with Crippen molar-refractivity contribution in [3.63, 3.8) is 0 Å². The van der Waals surface area contributed by atoms with E-state index in [1.54, 1.807) is 20.1 Å². The second-order valence-electron chi connectivity index (χ2n) is 3.82. The lowest BCUT2D eigenvalue weighted by Crippen LogP contribution is -2.42. The van der Waals surface area contributed by atoms with Gasteiger partial charge in [-0.3, -0.25) is 4.21 Å². The van der Waals surface area contributed by atoms with Gasteiger partial charge < -0.3 is 5.11 Å². The zero-order valence-electron chi connectivity index (χ0n) is 7.92. The first-order chi connectivity index (χ1) is 4.76. The van der Waals surface area contributed by atoms with Crippen LogP contribution in [0.1, 0.15) is 27.7 Å². The predicted molar refractivity (Wildman–Crippen MR) is 49.0 cm³/mol. The Bertz CT molecular complexity index is 147. The zero-order chi connectivity index (χ0) is 9.23. The van der Waals surface area contributed by atoms with Crippen LogP contribution in [0, 0.1) is 5.92 Å². The SMILES string of the molecule is CC(C)[C@H](S(C)=O)C(C)(C)O. The molecule has 0 saturated carbocycles. The molecule has 0 bridgehead atoms. The van der Waals surface area contributed by atoms with E-state index in [0.717, 1.165) is 0 Å². The van der Waals surface area contributed by atoms with Crippen LogP contribution in [0.15, 0.2) is 0 Å². The van der Waals surface area contributed by atoms with Crippen LogP contribution < -0.4 is 0 Å². The number of hydrogen-bond donors (Lipinski definition) is 1. The van der Waals surface area contributed by atoms with Crippen LogP contribution in [-0.2, 0) is 10.8 Å². The highest BCUT2D eigenvalue weighted by Gasteiger charge is 2.32. The van der Waals surface area contributed by atoms with Crippen molar-refractivity contribution < 1.29 is 9.32 Å². The predicted octanol–water partition coefficient (Wildman–Crippen LogP) is 1.16. The summed E-state index contributed by atoms with van der Waals surface area (Å²) >= 11 is 0. The molecule has 2 atom stereocenters. The highest BCUT2D eigenvalue weighted by molar-refractivity contribution is 7.85. The van der Waals surface area contributed by atoms with Crippen molar-refractivity contribution in [3.05, 3.63) is 0 Å². The third-order valence-electron chi connectivity index (χ3n) is 1.66. The van der Waals surface area contributed by atoms with Crippen LogP contribution in [0.5, 0.6) is 0 Å². The van der Waals surface area contributed by atoms with E-state index in [1.807, 2.05) is 13.8 Å². The van der Waals surface area contributed by atoms with E-state index in [2.05, 4.69) is 0 Å². The van der Waals surface area contributed by atoms with E-state index in [9.17, 15) is 9.32 Å². The molecular weight excluding hydrogens is 160 g/mol. The summed E-state index contributed by atoms with van der Waals surface area (Å²) < 4.78 is 11.2. The van der Waals surface area contributed by atoms with E-state index in [0.29, 0.717) is 0 Å². The molecule has 0 saturated heterocycles. The summed E-state index contributed by atoms with van der Waals surface area (Å²) in [6.07, 6.45) is 1.64. The molecule has 0 aliphatic rings. The third kappa shape index (κ3) is 3.34. The van der Waals surface area contributed by atoms with E-state index >= 15 is 0 Å². The van der Waals surface area contributed by atoms with E-state index in [1.165, 1.54) is 0 Å². The van der Waals surface area contributed by atoms with Crippen molar-refractivity contribution in [2.24, 2.45) is 5.92 Å². The lowest BCUT2D eigenvalue weighted by Gasteiger charge is -2.30. The number of rotatable bonds is 3. The maximum absolute atomic E-state index is 11.2.